The zero-order chi connectivity index (χ0) is 2.12. The van der Waals surface area contributed by atoms with Crippen molar-refractivity contribution in [3.63, 3.8) is 0 Å². The Kier molecular flexibility index (Phi) is 8.88. The van der Waals surface area contributed by atoms with Gasteiger partial charge in [-0.25, -0.2) is 0 Å². The predicted molar refractivity (Wildman–Crippen MR) is 10.2 cm³/mol. The second kappa shape index (κ2) is 4.80. The Bertz CT molecular complexity index is 32.6. The van der Waals surface area contributed by atoms with Gasteiger partial charge in [0.2, 0.25) is 0 Å². The molecule has 0 atom stereocenters. The molecule has 0 N–H and O–H groups in total. The van der Waals surface area contributed by atoms with E-state index in [1.54, 1.807) is 12.5 Å². The number of hydrogen-bond donors (Lipinski definition) is 0. The molecule has 0 aromatic carbocycles. The van der Waals surface area contributed by atoms with Gasteiger partial charge in [-0.3, -0.25) is 0 Å². The quantitative estimate of drug-likeness (QED) is 0.592. The summed E-state index contributed by atoms with van der Waals surface area (Å²) in [5.41, 5.74) is 0. The van der Waals surface area contributed by atoms with Gasteiger partial charge < -0.3 is 4.74 Å². The fraction of sp³-hybridized carbons (Fsp3) is 0. The van der Waals surface area contributed by atoms with Gasteiger partial charge in [0.25, 0.3) is 0 Å². The standard InChI is InChI=1S/C2H2O.Au.Fe/c1-2-3-1;;/h1-2H;;. The SMILES string of the molecule is C1=CO1.[Au].[Fe]. The Morgan fingerprint density at radius 2 is 1.40 bits per heavy atom. The van der Waals surface area contributed by atoms with Crippen LogP contribution in [-0.2, 0) is 44.2 Å². The summed E-state index contributed by atoms with van der Waals surface area (Å²) in [5, 5.41) is 0. The molecule has 5 heavy (non-hydrogen) atoms. The van der Waals surface area contributed by atoms with E-state index in [-0.39, 0.29) is 39.4 Å². The van der Waals surface area contributed by atoms with Gasteiger partial charge in [0.05, 0.1) is 0 Å². The van der Waals surface area contributed by atoms with Crippen LogP contribution in [0.3, 0.4) is 0 Å². The molecule has 1 aliphatic heterocycles. The van der Waals surface area contributed by atoms with Crippen LogP contribution in [0, 0.1) is 0 Å². The molecule has 0 saturated carbocycles. The van der Waals surface area contributed by atoms with E-state index < -0.39 is 0 Å². The maximum absolute atomic E-state index is 4.25. The van der Waals surface area contributed by atoms with Crippen LogP contribution < -0.4 is 0 Å². The molecule has 0 aliphatic carbocycles. The Morgan fingerprint density at radius 3 is 1.40 bits per heavy atom. The van der Waals surface area contributed by atoms with Crippen LogP contribution in [0.15, 0.2) is 12.5 Å². The summed E-state index contributed by atoms with van der Waals surface area (Å²) in [6.07, 6.45) is 3.25. The van der Waals surface area contributed by atoms with Gasteiger partial charge in [0, 0.05) is 39.4 Å². The van der Waals surface area contributed by atoms with Crippen molar-refractivity contribution in [2.24, 2.45) is 0 Å². The first-order valence-electron chi connectivity index (χ1n) is 0.805. The first-order valence-corrected chi connectivity index (χ1v) is 0.805. The zero-order valence-electron chi connectivity index (χ0n) is 2.22. The molecule has 35 valence electrons. The third kappa shape index (κ3) is 11.6. The van der Waals surface area contributed by atoms with Gasteiger partial charge in [0.15, 0.2) is 0 Å². The number of ether oxygens (including phenoxy) is 1. The maximum atomic E-state index is 4.25. The summed E-state index contributed by atoms with van der Waals surface area (Å²) in [7, 11) is 0. The molecular formula is C2H2AuFeO. The van der Waals surface area contributed by atoms with E-state index in [2.05, 4.69) is 4.74 Å². The zero-order valence-corrected chi connectivity index (χ0v) is 5.49. The van der Waals surface area contributed by atoms with Crippen molar-refractivity contribution in [2.45, 2.75) is 0 Å². The molecule has 0 fully saturated rings. The van der Waals surface area contributed by atoms with Crippen LogP contribution in [0.25, 0.3) is 0 Å². The maximum Gasteiger partial charge on any atom is 0.125 e. The number of rotatable bonds is 0. The van der Waals surface area contributed by atoms with Crippen molar-refractivity contribution in [1.29, 1.82) is 0 Å². The minimum Gasteiger partial charge on any atom is -0.466 e. The molecule has 1 radical (unpaired) electrons. The molecular weight excluding hydrogens is 293 g/mol. The van der Waals surface area contributed by atoms with Gasteiger partial charge in [-0.1, -0.05) is 0 Å². The van der Waals surface area contributed by atoms with Crippen molar-refractivity contribution in [3.05, 3.63) is 12.5 Å². The van der Waals surface area contributed by atoms with Crippen molar-refractivity contribution in [1.82, 2.24) is 0 Å². The van der Waals surface area contributed by atoms with Crippen LogP contribution in [0.1, 0.15) is 0 Å². The molecule has 0 spiro atoms. The van der Waals surface area contributed by atoms with Gasteiger partial charge in [-0.15, -0.1) is 0 Å². The Morgan fingerprint density at radius 1 is 1.20 bits per heavy atom. The van der Waals surface area contributed by atoms with Crippen molar-refractivity contribution < 1.29 is 44.2 Å². The predicted octanol–water partition coefficient (Wildman–Crippen LogP) is 0.483. The second-order valence-electron chi connectivity index (χ2n) is 0.408. The molecule has 0 bridgehead atoms. The second-order valence-corrected chi connectivity index (χ2v) is 0.408. The average molecular weight is 295 g/mol. The Labute approximate surface area is 56.8 Å². The van der Waals surface area contributed by atoms with E-state index in [9.17, 15) is 0 Å². The first-order chi connectivity index (χ1) is 1.50. The summed E-state index contributed by atoms with van der Waals surface area (Å²) < 4.78 is 4.25. The molecule has 1 rings (SSSR count). The molecule has 0 unspecified atom stereocenters. The van der Waals surface area contributed by atoms with Crippen molar-refractivity contribution in [2.75, 3.05) is 0 Å². The summed E-state index contributed by atoms with van der Waals surface area (Å²) in [4.78, 5) is 0. The van der Waals surface area contributed by atoms with E-state index in [1.165, 1.54) is 0 Å². The topological polar surface area (TPSA) is 12.5 Å². The van der Waals surface area contributed by atoms with Crippen molar-refractivity contribution >= 4 is 0 Å². The average Bonchev–Trinajstić information content (AvgIpc) is 1.46. The monoisotopic (exact) mass is 295 g/mol. The minimum absolute atomic E-state index is 0. The fourth-order valence-electron chi connectivity index (χ4n) is 0. The summed E-state index contributed by atoms with van der Waals surface area (Å²) in [6, 6.07) is 0. The molecule has 0 saturated heterocycles. The van der Waals surface area contributed by atoms with Crippen LogP contribution >= 0.6 is 0 Å². The molecule has 0 aromatic heterocycles. The summed E-state index contributed by atoms with van der Waals surface area (Å²) in [6.45, 7) is 0. The largest absolute Gasteiger partial charge is 0.466 e. The minimum atomic E-state index is 0. The summed E-state index contributed by atoms with van der Waals surface area (Å²) >= 11 is 0. The van der Waals surface area contributed by atoms with Gasteiger partial charge in [-0.2, -0.15) is 0 Å². The smallest absolute Gasteiger partial charge is 0.125 e. The van der Waals surface area contributed by atoms with Gasteiger partial charge >= 0.3 is 0 Å². The molecule has 0 aromatic rings. The molecule has 1 aliphatic rings. The van der Waals surface area contributed by atoms with E-state index in [0.717, 1.165) is 0 Å². The first kappa shape index (κ1) is 9.25. The molecule has 1 nitrogen and oxygen atoms in total. The Hall–Kier alpha value is 0.800. The summed E-state index contributed by atoms with van der Waals surface area (Å²) in [5.74, 6) is 0. The van der Waals surface area contributed by atoms with Gasteiger partial charge in [-0.05, 0) is 0 Å². The number of hydrogen-bond acceptors (Lipinski definition) is 1. The van der Waals surface area contributed by atoms with Crippen LogP contribution in [0.5, 0.6) is 0 Å². The fourth-order valence-corrected chi connectivity index (χ4v) is 0. The van der Waals surface area contributed by atoms with E-state index in [1.807, 2.05) is 0 Å². The molecule has 0 amide bonds. The molecule has 3 heteroatoms. The third-order valence-electron chi connectivity index (χ3n) is 0.136. The van der Waals surface area contributed by atoms with E-state index >= 15 is 0 Å². The van der Waals surface area contributed by atoms with E-state index in [4.69, 9.17) is 0 Å². The van der Waals surface area contributed by atoms with Gasteiger partial charge in [0.1, 0.15) is 12.5 Å². The van der Waals surface area contributed by atoms with Crippen LogP contribution in [0.4, 0.5) is 0 Å². The Balaban J connectivity index is 0. The molecule has 1 heterocycles. The normalized spacial score (nSPS) is 9.60. The van der Waals surface area contributed by atoms with Crippen LogP contribution in [-0.4, -0.2) is 0 Å². The van der Waals surface area contributed by atoms with E-state index in [0.29, 0.717) is 0 Å². The van der Waals surface area contributed by atoms with Crippen molar-refractivity contribution in [3.8, 4) is 0 Å². The third-order valence-corrected chi connectivity index (χ3v) is 0.136. The van der Waals surface area contributed by atoms with Crippen LogP contribution in [0.2, 0.25) is 0 Å².